The lowest BCUT2D eigenvalue weighted by Crippen LogP contribution is -2.28. The van der Waals surface area contributed by atoms with Crippen molar-refractivity contribution in [3.05, 3.63) is 22.5 Å². The Morgan fingerprint density at radius 3 is 3.08 bits per heavy atom. The molecule has 0 aliphatic carbocycles. The molecule has 0 amide bonds. The lowest BCUT2D eigenvalue weighted by Gasteiger charge is -2.06. The van der Waals surface area contributed by atoms with Crippen molar-refractivity contribution in [2.75, 3.05) is 11.5 Å². The Bertz CT molecular complexity index is 373. The third-order valence-electron chi connectivity index (χ3n) is 1.79. The van der Waals surface area contributed by atoms with E-state index in [1.165, 1.54) is 6.07 Å². The van der Waals surface area contributed by atoms with Crippen molar-refractivity contribution in [2.45, 2.75) is 11.2 Å². The Morgan fingerprint density at radius 1 is 1.58 bits per heavy atom. The number of thioether (sulfide) groups is 1. The molecule has 1 aromatic rings. The van der Waals surface area contributed by atoms with E-state index in [0.717, 1.165) is 10.8 Å². The second-order valence-corrected chi connectivity index (χ2v) is 3.75. The zero-order chi connectivity index (χ0) is 8.72. The molecule has 0 radical (unpaired) electrons. The molecule has 0 saturated heterocycles. The van der Waals surface area contributed by atoms with E-state index in [2.05, 4.69) is 0 Å². The molecule has 0 saturated carbocycles. The molecule has 4 nitrogen and oxygen atoms in total. The average molecular weight is 183 g/mol. The van der Waals surface area contributed by atoms with E-state index in [-0.39, 0.29) is 11.7 Å². The quantitative estimate of drug-likeness (QED) is 0.593. The van der Waals surface area contributed by atoms with Gasteiger partial charge in [0.05, 0.1) is 11.2 Å². The fraction of sp³-hybridized carbons (Fsp3) is 0.286. The molecule has 0 bridgehead atoms. The second kappa shape index (κ2) is 2.53. The van der Waals surface area contributed by atoms with Crippen LogP contribution < -0.4 is 17.0 Å². The molecule has 1 atom stereocenters. The van der Waals surface area contributed by atoms with Gasteiger partial charge in [-0.3, -0.25) is 9.36 Å². The third kappa shape index (κ3) is 1.02. The smallest absolute Gasteiger partial charge is 0.254 e. The molecule has 0 spiro atoms. The molecule has 4 N–H and O–H groups in total. The number of hydrogen-bond donors (Lipinski definition) is 2. The van der Waals surface area contributed by atoms with Crippen LogP contribution in [0.3, 0.4) is 0 Å². The number of anilines is 1. The number of fused-ring (bicyclic) bond motifs is 1. The summed E-state index contributed by atoms with van der Waals surface area (Å²) in [4.78, 5) is 11.3. The maximum atomic E-state index is 11.3. The van der Waals surface area contributed by atoms with Crippen LogP contribution in [-0.4, -0.2) is 10.3 Å². The van der Waals surface area contributed by atoms with Crippen molar-refractivity contribution >= 4 is 17.4 Å². The predicted octanol–water partition coefficient (Wildman–Crippen LogP) is -0.00650. The fourth-order valence-electron chi connectivity index (χ4n) is 1.26. The highest BCUT2D eigenvalue weighted by atomic mass is 32.2. The van der Waals surface area contributed by atoms with Gasteiger partial charge in [-0.25, -0.2) is 0 Å². The Kier molecular flexibility index (Phi) is 1.62. The summed E-state index contributed by atoms with van der Waals surface area (Å²) in [5.41, 5.74) is 11.6. The summed E-state index contributed by atoms with van der Waals surface area (Å²) >= 11 is 1.56. The second-order valence-electron chi connectivity index (χ2n) is 2.71. The molecule has 2 heterocycles. The van der Waals surface area contributed by atoms with Crippen LogP contribution in [0.4, 0.5) is 5.69 Å². The van der Waals surface area contributed by atoms with Crippen molar-refractivity contribution in [1.29, 1.82) is 0 Å². The van der Waals surface area contributed by atoms with Gasteiger partial charge in [0, 0.05) is 17.5 Å². The van der Waals surface area contributed by atoms with Gasteiger partial charge in [-0.05, 0) is 6.07 Å². The molecule has 12 heavy (non-hydrogen) atoms. The Labute approximate surface area is 73.5 Å². The van der Waals surface area contributed by atoms with E-state index in [1.54, 1.807) is 22.4 Å². The van der Waals surface area contributed by atoms with Crippen molar-refractivity contribution in [2.24, 2.45) is 5.73 Å². The number of nitrogens with zero attached hydrogens (tertiary/aromatic N) is 1. The van der Waals surface area contributed by atoms with Crippen molar-refractivity contribution in [3.8, 4) is 0 Å². The summed E-state index contributed by atoms with van der Waals surface area (Å²) in [6.45, 7) is 0. The monoisotopic (exact) mass is 183 g/mol. The molecule has 64 valence electrons. The van der Waals surface area contributed by atoms with Crippen LogP contribution in [0.2, 0.25) is 0 Å². The predicted molar refractivity (Wildman–Crippen MR) is 49.1 cm³/mol. The van der Waals surface area contributed by atoms with Gasteiger partial charge in [-0.2, -0.15) is 0 Å². The van der Waals surface area contributed by atoms with Crippen LogP contribution >= 0.6 is 11.8 Å². The van der Waals surface area contributed by atoms with E-state index >= 15 is 0 Å². The highest BCUT2D eigenvalue weighted by Crippen LogP contribution is 2.29. The lowest BCUT2D eigenvalue weighted by atomic mass is 10.4. The minimum atomic E-state index is -0.196. The largest absolute Gasteiger partial charge is 0.398 e. The highest BCUT2D eigenvalue weighted by molar-refractivity contribution is 7.99. The molecule has 1 aliphatic rings. The van der Waals surface area contributed by atoms with E-state index in [0.29, 0.717) is 5.69 Å². The fourth-order valence-corrected chi connectivity index (χ4v) is 2.33. The SMILES string of the molecule is Nc1cc2n(c(=O)c1)C(N)CS2. The Balaban J connectivity index is 2.69. The van der Waals surface area contributed by atoms with Crippen LogP contribution in [0.5, 0.6) is 0 Å². The zero-order valence-corrected chi connectivity index (χ0v) is 7.17. The summed E-state index contributed by atoms with van der Waals surface area (Å²) in [7, 11) is 0. The number of pyridine rings is 1. The van der Waals surface area contributed by atoms with E-state index < -0.39 is 0 Å². The molecular formula is C7H9N3OS. The normalized spacial score (nSPS) is 20.9. The van der Waals surface area contributed by atoms with Gasteiger partial charge in [0.15, 0.2) is 0 Å². The Hall–Kier alpha value is -0.940. The summed E-state index contributed by atoms with van der Waals surface area (Å²) in [6, 6.07) is 3.17. The first-order valence-electron chi connectivity index (χ1n) is 3.59. The van der Waals surface area contributed by atoms with Gasteiger partial charge in [0.1, 0.15) is 0 Å². The minimum absolute atomic E-state index is 0.109. The van der Waals surface area contributed by atoms with Gasteiger partial charge < -0.3 is 11.5 Å². The van der Waals surface area contributed by atoms with Crippen LogP contribution in [0.1, 0.15) is 6.17 Å². The van der Waals surface area contributed by atoms with Crippen molar-refractivity contribution in [1.82, 2.24) is 4.57 Å². The maximum absolute atomic E-state index is 11.3. The first-order valence-corrected chi connectivity index (χ1v) is 4.57. The summed E-state index contributed by atoms with van der Waals surface area (Å²) in [5, 5.41) is 0.868. The molecule has 1 aromatic heterocycles. The van der Waals surface area contributed by atoms with Gasteiger partial charge >= 0.3 is 0 Å². The molecule has 0 aromatic carbocycles. The molecule has 0 fully saturated rings. The number of aromatic nitrogens is 1. The number of hydrogen-bond acceptors (Lipinski definition) is 4. The van der Waals surface area contributed by atoms with E-state index in [9.17, 15) is 4.79 Å². The van der Waals surface area contributed by atoms with E-state index in [1.807, 2.05) is 0 Å². The first-order chi connectivity index (χ1) is 5.68. The van der Waals surface area contributed by atoms with Crippen LogP contribution in [0, 0.1) is 0 Å². The molecule has 1 aliphatic heterocycles. The summed E-state index contributed by atoms with van der Waals surface area (Å²) < 4.78 is 1.57. The van der Waals surface area contributed by atoms with Gasteiger partial charge in [-0.15, -0.1) is 11.8 Å². The number of nitrogen functional groups attached to an aromatic ring is 1. The van der Waals surface area contributed by atoms with Gasteiger partial charge in [0.25, 0.3) is 5.56 Å². The number of nitrogens with two attached hydrogens (primary N) is 2. The maximum Gasteiger partial charge on any atom is 0.254 e. The standard InChI is InChI=1S/C7H9N3OS/c8-4-1-6(11)10-5(9)3-12-7(10)2-4/h1-2,5H,3,8-9H2. The molecule has 5 heteroatoms. The Morgan fingerprint density at radius 2 is 2.33 bits per heavy atom. The molecule has 1 unspecified atom stereocenters. The van der Waals surface area contributed by atoms with Crippen molar-refractivity contribution in [3.63, 3.8) is 0 Å². The van der Waals surface area contributed by atoms with Crippen LogP contribution in [0.15, 0.2) is 22.0 Å². The summed E-state index contributed by atoms with van der Waals surface area (Å²) in [5.74, 6) is 0.749. The van der Waals surface area contributed by atoms with Crippen molar-refractivity contribution < 1.29 is 0 Å². The van der Waals surface area contributed by atoms with Gasteiger partial charge in [-0.1, -0.05) is 0 Å². The molecule has 2 rings (SSSR count). The van der Waals surface area contributed by atoms with Crippen LogP contribution in [-0.2, 0) is 0 Å². The lowest BCUT2D eigenvalue weighted by molar-refractivity contribution is 0.540. The third-order valence-corrected chi connectivity index (χ3v) is 2.91. The van der Waals surface area contributed by atoms with E-state index in [4.69, 9.17) is 11.5 Å². The average Bonchev–Trinajstić information content (AvgIpc) is 2.31. The topological polar surface area (TPSA) is 74.0 Å². The highest BCUT2D eigenvalue weighted by Gasteiger charge is 2.19. The first kappa shape index (κ1) is 7.70. The molecular weight excluding hydrogens is 174 g/mol. The zero-order valence-electron chi connectivity index (χ0n) is 6.36. The number of rotatable bonds is 0. The minimum Gasteiger partial charge on any atom is -0.398 e. The van der Waals surface area contributed by atoms with Crippen LogP contribution in [0.25, 0.3) is 0 Å². The van der Waals surface area contributed by atoms with Gasteiger partial charge in [0.2, 0.25) is 0 Å². The summed E-state index contributed by atoms with van der Waals surface area (Å²) in [6.07, 6.45) is -0.196.